The molecular weight excluding hydrogens is 440 g/mol. The largest absolute Gasteiger partial charge is 0.493 e. The Bertz CT molecular complexity index is 1180. The highest BCUT2D eigenvalue weighted by atomic mass is 16.6. The second-order valence-electron chi connectivity index (χ2n) is 7.39. The van der Waals surface area contributed by atoms with Crippen LogP contribution in [-0.2, 0) is 0 Å². The number of aromatic nitrogens is 3. The first-order valence-electron chi connectivity index (χ1n) is 10.6. The summed E-state index contributed by atoms with van der Waals surface area (Å²) in [5.74, 6) is 2.31. The standard InChI is InChI=1S/C22H24N8O4/c1-33-18-10-5-15(13-19(18)34-2)14-23-28-21-25-20(26-22(27-21)29-11-3-4-12-29)24-16-6-8-17(9-7-16)30(31)32/h5-10,13-14H,3-4,11-12H2,1-2H3,(H2,24,25,26,27,28)/b23-14-. The SMILES string of the molecule is COc1ccc(/C=N\Nc2nc(Nc3ccc([N+](=O)[O-])cc3)nc(N3CCCC3)n2)cc1OC. The van der Waals surface area contributed by atoms with Gasteiger partial charge in [0.05, 0.1) is 25.4 Å². The third-order valence-corrected chi connectivity index (χ3v) is 5.13. The summed E-state index contributed by atoms with van der Waals surface area (Å²) in [5.41, 5.74) is 4.27. The van der Waals surface area contributed by atoms with Gasteiger partial charge in [-0.1, -0.05) is 0 Å². The molecule has 12 nitrogen and oxygen atoms in total. The monoisotopic (exact) mass is 464 g/mol. The van der Waals surface area contributed by atoms with E-state index in [2.05, 4.69) is 35.7 Å². The molecule has 0 atom stereocenters. The van der Waals surface area contributed by atoms with Crippen LogP contribution in [0.3, 0.4) is 0 Å². The summed E-state index contributed by atoms with van der Waals surface area (Å²) in [5, 5.41) is 18.2. The van der Waals surface area contributed by atoms with Crippen LogP contribution in [0.4, 0.5) is 29.2 Å². The minimum Gasteiger partial charge on any atom is -0.493 e. The Balaban J connectivity index is 1.54. The number of ether oxygens (including phenoxy) is 2. The number of nitro groups is 1. The van der Waals surface area contributed by atoms with Crippen molar-refractivity contribution >= 4 is 35.4 Å². The lowest BCUT2D eigenvalue weighted by Crippen LogP contribution is -2.21. The van der Waals surface area contributed by atoms with Crippen LogP contribution >= 0.6 is 0 Å². The average molecular weight is 464 g/mol. The van der Waals surface area contributed by atoms with E-state index in [-0.39, 0.29) is 11.6 Å². The van der Waals surface area contributed by atoms with Gasteiger partial charge in [-0.25, -0.2) is 5.43 Å². The number of nitrogens with zero attached hydrogens (tertiary/aromatic N) is 6. The van der Waals surface area contributed by atoms with Crippen LogP contribution in [-0.4, -0.2) is 53.4 Å². The van der Waals surface area contributed by atoms with Crippen molar-refractivity contribution in [3.63, 3.8) is 0 Å². The van der Waals surface area contributed by atoms with Crippen molar-refractivity contribution in [1.29, 1.82) is 0 Å². The summed E-state index contributed by atoms with van der Waals surface area (Å²) in [6, 6.07) is 11.5. The fourth-order valence-corrected chi connectivity index (χ4v) is 3.42. The van der Waals surface area contributed by atoms with Gasteiger partial charge >= 0.3 is 0 Å². The Kier molecular flexibility index (Phi) is 6.96. The van der Waals surface area contributed by atoms with E-state index >= 15 is 0 Å². The maximum atomic E-state index is 10.9. The van der Waals surface area contributed by atoms with Crippen LogP contribution in [0, 0.1) is 10.1 Å². The summed E-state index contributed by atoms with van der Waals surface area (Å²) in [6.45, 7) is 1.71. The van der Waals surface area contributed by atoms with E-state index in [0.717, 1.165) is 31.5 Å². The third kappa shape index (κ3) is 5.46. The molecule has 2 aromatic carbocycles. The van der Waals surface area contributed by atoms with Gasteiger partial charge in [0.2, 0.25) is 17.8 Å². The van der Waals surface area contributed by atoms with Gasteiger partial charge < -0.3 is 19.7 Å². The highest BCUT2D eigenvalue weighted by molar-refractivity contribution is 5.81. The predicted octanol–water partition coefficient (Wildman–Crippen LogP) is 3.59. The Hall–Kier alpha value is -4.48. The van der Waals surface area contributed by atoms with E-state index in [4.69, 9.17) is 9.47 Å². The maximum Gasteiger partial charge on any atom is 0.269 e. The summed E-state index contributed by atoms with van der Waals surface area (Å²) in [7, 11) is 3.15. The lowest BCUT2D eigenvalue weighted by atomic mass is 10.2. The molecule has 12 heteroatoms. The van der Waals surface area contributed by atoms with Crippen LogP contribution < -0.4 is 25.1 Å². The Labute approximate surface area is 195 Å². The zero-order valence-electron chi connectivity index (χ0n) is 18.8. The van der Waals surface area contributed by atoms with Crippen molar-refractivity contribution in [1.82, 2.24) is 15.0 Å². The number of hydrazone groups is 1. The van der Waals surface area contributed by atoms with Gasteiger partial charge in [0.25, 0.3) is 5.69 Å². The van der Waals surface area contributed by atoms with Crippen LogP contribution in [0.1, 0.15) is 18.4 Å². The van der Waals surface area contributed by atoms with E-state index in [9.17, 15) is 10.1 Å². The van der Waals surface area contributed by atoms with Gasteiger partial charge in [0.15, 0.2) is 11.5 Å². The van der Waals surface area contributed by atoms with Crippen LogP contribution in [0.15, 0.2) is 47.6 Å². The molecule has 176 valence electrons. The molecule has 2 N–H and O–H groups in total. The molecule has 0 aliphatic carbocycles. The number of hydrogen-bond donors (Lipinski definition) is 2. The van der Waals surface area contributed by atoms with Gasteiger partial charge in [-0.2, -0.15) is 20.1 Å². The van der Waals surface area contributed by atoms with Gasteiger partial charge in [-0.15, -0.1) is 0 Å². The first kappa shape index (κ1) is 22.7. The third-order valence-electron chi connectivity index (χ3n) is 5.13. The van der Waals surface area contributed by atoms with E-state index in [1.54, 1.807) is 44.7 Å². The lowest BCUT2D eigenvalue weighted by Gasteiger charge is -2.16. The molecule has 0 bridgehead atoms. The van der Waals surface area contributed by atoms with Gasteiger partial charge in [0.1, 0.15) is 0 Å². The summed E-state index contributed by atoms with van der Waals surface area (Å²) >= 11 is 0. The number of non-ortho nitro benzene ring substituents is 1. The number of nitrogens with one attached hydrogen (secondary N) is 2. The molecule has 1 aromatic heterocycles. The molecule has 0 radical (unpaired) electrons. The first-order chi connectivity index (χ1) is 16.6. The minimum absolute atomic E-state index is 0.00538. The number of nitro benzene ring substituents is 1. The van der Waals surface area contributed by atoms with Crippen LogP contribution in [0.2, 0.25) is 0 Å². The van der Waals surface area contributed by atoms with E-state index < -0.39 is 4.92 Å². The molecule has 34 heavy (non-hydrogen) atoms. The van der Waals surface area contributed by atoms with Crippen molar-refractivity contribution in [2.24, 2.45) is 5.10 Å². The van der Waals surface area contributed by atoms with Gasteiger partial charge in [0, 0.05) is 30.9 Å². The smallest absolute Gasteiger partial charge is 0.269 e. The maximum absolute atomic E-state index is 10.9. The molecule has 4 rings (SSSR count). The minimum atomic E-state index is -0.448. The molecule has 1 saturated heterocycles. The molecule has 1 aliphatic rings. The summed E-state index contributed by atoms with van der Waals surface area (Å²) in [4.78, 5) is 25.9. The topological polar surface area (TPSA) is 140 Å². The zero-order chi connectivity index (χ0) is 23.9. The molecule has 1 aliphatic heterocycles. The van der Waals surface area contributed by atoms with Crippen molar-refractivity contribution in [3.05, 3.63) is 58.1 Å². The predicted molar refractivity (Wildman–Crippen MR) is 128 cm³/mol. The molecule has 3 aromatic rings. The van der Waals surface area contributed by atoms with Crippen molar-refractivity contribution in [2.45, 2.75) is 12.8 Å². The Morgan fingerprint density at radius 2 is 1.71 bits per heavy atom. The molecule has 0 saturated carbocycles. The van der Waals surface area contributed by atoms with Gasteiger partial charge in [-0.3, -0.25) is 10.1 Å². The average Bonchev–Trinajstić information content (AvgIpc) is 3.39. The van der Waals surface area contributed by atoms with Crippen molar-refractivity contribution < 1.29 is 14.4 Å². The fourth-order valence-electron chi connectivity index (χ4n) is 3.42. The second kappa shape index (κ2) is 10.4. The zero-order valence-corrected chi connectivity index (χ0v) is 18.8. The number of benzene rings is 2. The highest BCUT2D eigenvalue weighted by Gasteiger charge is 2.18. The summed E-state index contributed by atoms with van der Waals surface area (Å²) < 4.78 is 10.6. The molecule has 0 spiro atoms. The quantitative estimate of drug-likeness (QED) is 0.274. The fraction of sp³-hybridized carbons (Fsp3) is 0.273. The lowest BCUT2D eigenvalue weighted by molar-refractivity contribution is -0.384. The van der Waals surface area contributed by atoms with Crippen molar-refractivity contribution in [2.75, 3.05) is 43.0 Å². The van der Waals surface area contributed by atoms with Crippen LogP contribution in [0.5, 0.6) is 11.5 Å². The summed E-state index contributed by atoms with van der Waals surface area (Å²) in [6.07, 6.45) is 3.75. The van der Waals surface area contributed by atoms with E-state index in [0.29, 0.717) is 29.1 Å². The van der Waals surface area contributed by atoms with E-state index in [1.165, 1.54) is 12.1 Å². The number of rotatable bonds is 9. The molecule has 1 fully saturated rings. The number of hydrogen-bond acceptors (Lipinski definition) is 11. The Morgan fingerprint density at radius 3 is 2.38 bits per heavy atom. The highest BCUT2D eigenvalue weighted by Crippen LogP contribution is 2.27. The van der Waals surface area contributed by atoms with Crippen LogP contribution in [0.25, 0.3) is 0 Å². The molecule has 2 heterocycles. The van der Waals surface area contributed by atoms with Gasteiger partial charge in [-0.05, 0) is 48.7 Å². The normalized spacial score (nSPS) is 13.2. The first-order valence-corrected chi connectivity index (χ1v) is 10.6. The van der Waals surface area contributed by atoms with E-state index in [1.807, 2.05) is 6.07 Å². The van der Waals surface area contributed by atoms with Crippen molar-refractivity contribution in [3.8, 4) is 11.5 Å². The Morgan fingerprint density at radius 1 is 1.00 bits per heavy atom. The molecule has 0 amide bonds. The second-order valence-corrected chi connectivity index (χ2v) is 7.39. The number of methoxy groups -OCH3 is 2. The molecular formula is C22H24N8O4. The number of anilines is 4. The molecule has 0 unspecified atom stereocenters.